The van der Waals surface area contributed by atoms with Gasteiger partial charge in [0.25, 0.3) is 0 Å². The number of nitrogens with one attached hydrogen (secondary N) is 1. The van der Waals surface area contributed by atoms with Crippen LogP contribution in [0.3, 0.4) is 0 Å². The molecule has 0 aromatic heterocycles. The van der Waals surface area contributed by atoms with E-state index < -0.39 is 11.6 Å². The van der Waals surface area contributed by atoms with Crippen molar-refractivity contribution in [3.8, 4) is 0 Å². The van der Waals surface area contributed by atoms with Crippen LogP contribution in [0, 0.1) is 17.6 Å². The maximum absolute atomic E-state index is 13.5. The average molecular weight is 225 g/mol. The van der Waals surface area contributed by atoms with Crippen molar-refractivity contribution in [1.82, 2.24) is 5.32 Å². The summed E-state index contributed by atoms with van der Waals surface area (Å²) < 4.78 is 26.3. The quantitative estimate of drug-likeness (QED) is 0.833. The fourth-order valence-electron chi connectivity index (χ4n) is 2.44. The molecule has 1 heterocycles. The molecule has 1 aliphatic rings. The summed E-state index contributed by atoms with van der Waals surface area (Å²) in [7, 11) is 0. The first-order chi connectivity index (χ1) is 7.66. The Bertz CT molecular complexity index is 359. The van der Waals surface area contributed by atoms with Crippen LogP contribution < -0.4 is 5.32 Å². The first-order valence-corrected chi connectivity index (χ1v) is 5.82. The van der Waals surface area contributed by atoms with Crippen LogP contribution in [-0.4, -0.2) is 13.1 Å². The maximum Gasteiger partial charge on any atom is 0.129 e. The summed E-state index contributed by atoms with van der Waals surface area (Å²) in [6, 6.07) is 3.87. The number of halogens is 2. The van der Waals surface area contributed by atoms with E-state index in [-0.39, 0.29) is 5.92 Å². The molecule has 3 heteroatoms. The van der Waals surface area contributed by atoms with E-state index in [1.165, 1.54) is 6.07 Å². The van der Waals surface area contributed by atoms with E-state index in [2.05, 4.69) is 5.32 Å². The molecule has 2 atom stereocenters. The minimum absolute atomic E-state index is 0.158. The lowest BCUT2D eigenvalue weighted by Crippen LogP contribution is -2.11. The van der Waals surface area contributed by atoms with E-state index in [1.54, 1.807) is 6.07 Å². The van der Waals surface area contributed by atoms with Gasteiger partial charge in [-0.25, -0.2) is 8.78 Å². The molecule has 88 valence electrons. The van der Waals surface area contributed by atoms with E-state index in [0.717, 1.165) is 32.0 Å². The molecule has 1 aromatic carbocycles. The SMILES string of the molecule is CC(CC1CCNC1)c1ccc(F)cc1F. The van der Waals surface area contributed by atoms with Gasteiger partial charge in [0.15, 0.2) is 0 Å². The highest BCUT2D eigenvalue weighted by Gasteiger charge is 2.20. The van der Waals surface area contributed by atoms with E-state index in [4.69, 9.17) is 0 Å². The Kier molecular flexibility index (Phi) is 3.54. The third-order valence-electron chi connectivity index (χ3n) is 3.34. The Morgan fingerprint density at radius 1 is 1.44 bits per heavy atom. The Hall–Kier alpha value is -0.960. The van der Waals surface area contributed by atoms with Gasteiger partial charge in [-0.1, -0.05) is 13.0 Å². The highest BCUT2D eigenvalue weighted by atomic mass is 19.1. The molecule has 2 unspecified atom stereocenters. The zero-order valence-electron chi connectivity index (χ0n) is 9.47. The Morgan fingerprint density at radius 3 is 2.88 bits per heavy atom. The second kappa shape index (κ2) is 4.91. The van der Waals surface area contributed by atoms with E-state index >= 15 is 0 Å². The van der Waals surface area contributed by atoms with E-state index in [1.807, 2.05) is 6.92 Å². The third-order valence-corrected chi connectivity index (χ3v) is 3.34. The van der Waals surface area contributed by atoms with Crippen molar-refractivity contribution in [3.63, 3.8) is 0 Å². The van der Waals surface area contributed by atoms with Gasteiger partial charge >= 0.3 is 0 Å². The first-order valence-electron chi connectivity index (χ1n) is 5.82. The van der Waals surface area contributed by atoms with Crippen molar-refractivity contribution in [3.05, 3.63) is 35.4 Å². The monoisotopic (exact) mass is 225 g/mol. The van der Waals surface area contributed by atoms with Gasteiger partial charge in [0.05, 0.1) is 0 Å². The van der Waals surface area contributed by atoms with Crippen LogP contribution in [0.2, 0.25) is 0 Å². The van der Waals surface area contributed by atoms with Crippen molar-refractivity contribution >= 4 is 0 Å². The Balaban J connectivity index is 2.04. The number of hydrogen-bond acceptors (Lipinski definition) is 1. The van der Waals surface area contributed by atoms with Gasteiger partial charge in [-0.3, -0.25) is 0 Å². The van der Waals surface area contributed by atoms with Gasteiger partial charge < -0.3 is 5.32 Å². The first kappa shape index (κ1) is 11.5. The lowest BCUT2D eigenvalue weighted by atomic mass is 9.89. The highest BCUT2D eigenvalue weighted by Crippen LogP contribution is 2.28. The molecular formula is C13H17F2N. The lowest BCUT2D eigenvalue weighted by Gasteiger charge is -2.16. The van der Waals surface area contributed by atoms with Gasteiger partial charge in [0.2, 0.25) is 0 Å². The molecule has 0 amide bonds. The smallest absolute Gasteiger partial charge is 0.129 e. The molecule has 1 N–H and O–H groups in total. The summed E-state index contributed by atoms with van der Waals surface area (Å²) in [5.41, 5.74) is 0.633. The van der Waals surface area contributed by atoms with Crippen molar-refractivity contribution < 1.29 is 8.78 Å². The Morgan fingerprint density at radius 2 is 2.25 bits per heavy atom. The number of benzene rings is 1. The summed E-state index contributed by atoms with van der Waals surface area (Å²) in [6.07, 6.45) is 2.13. The molecule has 1 saturated heterocycles. The molecule has 0 radical (unpaired) electrons. The van der Waals surface area contributed by atoms with Crippen LogP contribution in [-0.2, 0) is 0 Å². The molecule has 0 saturated carbocycles. The van der Waals surface area contributed by atoms with Crippen LogP contribution in [0.15, 0.2) is 18.2 Å². The summed E-state index contributed by atoms with van der Waals surface area (Å²) in [5.74, 6) is -0.139. The van der Waals surface area contributed by atoms with Crippen LogP contribution in [0.1, 0.15) is 31.2 Å². The summed E-state index contributed by atoms with van der Waals surface area (Å²) >= 11 is 0. The van der Waals surface area contributed by atoms with Crippen molar-refractivity contribution in [1.29, 1.82) is 0 Å². The van der Waals surface area contributed by atoms with Gasteiger partial charge in [0, 0.05) is 6.07 Å². The van der Waals surface area contributed by atoms with Crippen molar-refractivity contribution in [2.45, 2.75) is 25.7 Å². The second-order valence-corrected chi connectivity index (χ2v) is 4.66. The minimum Gasteiger partial charge on any atom is -0.316 e. The molecule has 16 heavy (non-hydrogen) atoms. The zero-order chi connectivity index (χ0) is 11.5. The fourth-order valence-corrected chi connectivity index (χ4v) is 2.44. The summed E-state index contributed by atoms with van der Waals surface area (Å²) in [6.45, 7) is 4.09. The fraction of sp³-hybridized carbons (Fsp3) is 0.538. The van der Waals surface area contributed by atoms with Crippen molar-refractivity contribution in [2.24, 2.45) is 5.92 Å². The van der Waals surface area contributed by atoms with Crippen LogP contribution >= 0.6 is 0 Å². The van der Waals surface area contributed by atoms with Crippen LogP contribution in [0.4, 0.5) is 8.78 Å². The largest absolute Gasteiger partial charge is 0.316 e. The molecule has 0 aliphatic carbocycles. The minimum atomic E-state index is -0.504. The van der Waals surface area contributed by atoms with Gasteiger partial charge in [-0.15, -0.1) is 0 Å². The molecule has 1 aliphatic heterocycles. The van der Waals surface area contributed by atoms with Crippen LogP contribution in [0.25, 0.3) is 0 Å². The van der Waals surface area contributed by atoms with Gasteiger partial charge in [-0.05, 0) is 49.4 Å². The van der Waals surface area contributed by atoms with E-state index in [0.29, 0.717) is 11.5 Å². The standard InChI is InChI=1S/C13H17F2N/c1-9(6-10-4-5-16-8-10)12-3-2-11(14)7-13(12)15/h2-3,7,9-10,16H,4-6,8H2,1H3. The summed E-state index contributed by atoms with van der Waals surface area (Å²) in [4.78, 5) is 0. The molecular weight excluding hydrogens is 208 g/mol. The molecule has 1 nitrogen and oxygen atoms in total. The topological polar surface area (TPSA) is 12.0 Å². The van der Waals surface area contributed by atoms with Crippen LogP contribution in [0.5, 0.6) is 0 Å². The molecule has 1 aromatic rings. The Labute approximate surface area is 94.9 Å². The molecule has 1 fully saturated rings. The number of hydrogen-bond donors (Lipinski definition) is 1. The second-order valence-electron chi connectivity index (χ2n) is 4.66. The van der Waals surface area contributed by atoms with Crippen molar-refractivity contribution in [2.75, 3.05) is 13.1 Å². The number of rotatable bonds is 3. The molecule has 2 rings (SSSR count). The summed E-state index contributed by atoms with van der Waals surface area (Å²) in [5, 5.41) is 3.30. The van der Waals surface area contributed by atoms with E-state index in [9.17, 15) is 8.78 Å². The molecule has 0 bridgehead atoms. The zero-order valence-corrected chi connectivity index (χ0v) is 9.47. The average Bonchev–Trinajstić information content (AvgIpc) is 2.70. The lowest BCUT2D eigenvalue weighted by molar-refractivity contribution is 0.467. The predicted octanol–water partition coefficient (Wildman–Crippen LogP) is 3.07. The third kappa shape index (κ3) is 2.59. The van der Waals surface area contributed by atoms with Gasteiger partial charge in [-0.2, -0.15) is 0 Å². The highest BCUT2D eigenvalue weighted by molar-refractivity contribution is 5.22. The predicted molar refractivity (Wildman–Crippen MR) is 60.4 cm³/mol. The maximum atomic E-state index is 13.5. The van der Waals surface area contributed by atoms with Gasteiger partial charge in [0.1, 0.15) is 11.6 Å². The molecule has 0 spiro atoms. The normalized spacial score (nSPS) is 22.3.